The molecule has 1 saturated heterocycles. The topological polar surface area (TPSA) is 101 Å². The molecule has 1 atom stereocenters. The molecular weight excluding hydrogens is 452 g/mol. The molecule has 1 fully saturated rings. The molecule has 0 saturated carbocycles. The van der Waals surface area contributed by atoms with E-state index in [-0.39, 0.29) is 12.5 Å². The molecule has 1 aliphatic heterocycles. The number of aromatic nitrogens is 2. The number of piperidine rings is 1. The van der Waals surface area contributed by atoms with Crippen molar-refractivity contribution in [2.75, 3.05) is 37.7 Å². The molecule has 4 rings (SSSR count). The first-order valence-corrected chi connectivity index (χ1v) is 12.9. The summed E-state index contributed by atoms with van der Waals surface area (Å²) >= 11 is 0. The molecular formula is C25H32N4O4S. The number of aliphatic hydroxyl groups is 1. The van der Waals surface area contributed by atoms with Crippen LogP contribution in [0.4, 0.5) is 6.01 Å². The number of anilines is 1. The number of nitrogens with zero attached hydrogens (tertiary/aromatic N) is 3. The van der Waals surface area contributed by atoms with E-state index in [0.29, 0.717) is 30.0 Å². The Morgan fingerprint density at radius 1 is 1.12 bits per heavy atom. The molecule has 182 valence electrons. The van der Waals surface area contributed by atoms with E-state index >= 15 is 0 Å². The van der Waals surface area contributed by atoms with Crippen molar-refractivity contribution in [3.05, 3.63) is 54.4 Å². The maximum Gasteiger partial charge on any atom is 0.324 e. The highest BCUT2D eigenvalue weighted by molar-refractivity contribution is 7.83. The first-order chi connectivity index (χ1) is 16.5. The SMILES string of the molecule is CC(C)c1noc(N2CCC(COc3ccc(-c4ccc(S(=O)NCCO)cc4)cc3)CC2)n1. The van der Waals surface area contributed by atoms with E-state index in [4.69, 9.17) is 14.4 Å². The predicted octanol–water partition coefficient (Wildman–Crippen LogP) is 3.76. The lowest BCUT2D eigenvalue weighted by Crippen LogP contribution is -2.35. The molecule has 2 aromatic carbocycles. The van der Waals surface area contributed by atoms with Crippen LogP contribution in [0, 0.1) is 5.92 Å². The van der Waals surface area contributed by atoms with Gasteiger partial charge in [0.1, 0.15) is 16.7 Å². The Kier molecular flexibility index (Phi) is 8.31. The van der Waals surface area contributed by atoms with Crippen LogP contribution in [0.25, 0.3) is 11.1 Å². The van der Waals surface area contributed by atoms with Crippen molar-refractivity contribution in [1.82, 2.24) is 14.9 Å². The fourth-order valence-corrected chi connectivity index (χ4v) is 4.66. The molecule has 0 aliphatic carbocycles. The van der Waals surface area contributed by atoms with E-state index in [1.807, 2.05) is 48.5 Å². The smallest absolute Gasteiger partial charge is 0.324 e. The minimum Gasteiger partial charge on any atom is -0.493 e. The Morgan fingerprint density at radius 2 is 1.76 bits per heavy atom. The summed E-state index contributed by atoms with van der Waals surface area (Å²) in [7, 11) is -1.32. The van der Waals surface area contributed by atoms with Crippen molar-refractivity contribution in [3.63, 3.8) is 0 Å². The van der Waals surface area contributed by atoms with Gasteiger partial charge in [-0.15, -0.1) is 0 Å². The maximum absolute atomic E-state index is 12.1. The Bertz CT molecular complexity index is 1060. The van der Waals surface area contributed by atoms with E-state index in [0.717, 1.165) is 48.6 Å². The monoisotopic (exact) mass is 484 g/mol. The molecule has 0 spiro atoms. The van der Waals surface area contributed by atoms with Gasteiger partial charge in [0.25, 0.3) is 0 Å². The number of rotatable bonds is 10. The molecule has 9 heteroatoms. The van der Waals surface area contributed by atoms with E-state index in [1.54, 1.807) is 0 Å². The van der Waals surface area contributed by atoms with Gasteiger partial charge < -0.3 is 19.3 Å². The largest absolute Gasteiger partial charge is 0.493 e. The van der Waals surface area contributed by atoms with Crippen LogP contribution in [0.2, 0.25) is 0 Å². The Hall–Kier alpha value is -2.75. The third-order valence-electron chi connectivity index (χ3n) is 5.92. The highest BCUT2D eigenvalue weighted by Crippen LogP contribution is 2.26. The van der Waals surface area contributed by atoms with Crippen LogP contribution in [0.5, 0.6) is 5.75 Å². The third kappa shape index (κ3) is 6.22. The summed E-state index contributed by atoms with van der Waals surface area (Å²) in [5, 5.41) is 12.9. The van der Waals surface area contributed by atoms with Crippen LogP contribution in [0.3, 0.4) is 0 Å². The zero-order valence-corrected chi connectivity index (χ0v) is 20.5. The Morgan fingerprint density at radius 3 is 2.35 bits per heavy atom. The van der Waals surface area contributed by atoms with Gasteiger partial charge in [-0.2, -0.15) is 4.98 Å². The van der Waals surface area contributed by atoms with Crippen LogP contribution >= 0.6 is 0 Å². The molecule has 0 amide bonds. The van der Waals surface area contributed by atoms with Crippen molar-refractivity contribution in [2.45, 2.75) is 37.5 Å². The Balaban J connectivity index is 1.24. The number of nitrogens with one attached hydrogen (secondary N) is 1. The molecule has 1 aromatic heterocycles. The van der Waals surface area contributed by atoms with Crippen molar-refractivity contribution < 1.29 is 18.6 Å². The average molecular weight is 485 g/mol. The van der Waals surface area contributed by atoms with Crippen molar-refractivity contribution in [2.24, 2.45) is 5.92 Å². The third-order valence-corrected chi connectivity index (χ3v) is 7.09. The van der Waals surface area contributed by atoms with E-state index in [1.165, 1.54) is 0 Å². The highest BCUT2D eigenvalue weighted by atomic mass is 32.2. The van der Waals surface area contributed by atoms with Crippen LogP contribution in [0.15, 0.2) is 57.9 Å². The van der Waals surface area contributed by atoms with Gasteiger partial charge in [-0.25, -0.2) is 8.93 Å². The summed E-state index contributed by atoms with van der Waals surface area (Å²) in [5.41, 5.74) is 2.12. The molecule has 1 aliphatic rings. The van der Waals surface area contributed by atoms with E-state index < -0.39 is 11.0 Å². The van der Waals surface area contributed by atoms with Gasteiger partial charge in [-0.1, -0.05) is 43.3 Å². The average Bonchev–Trinajstić information content (AvgIpc) is 3.38. The highest BCUT2D eigenvalue weighted by Gasteiger charge is 2.24. The van der Waals surface area contributed by atoms with Crippen LogP contribution in [0.1, 0.15) is 38.4 Å². The van der Waals surface area contributed by atoms with Crippen LogP contribution < -0.4 is 14.4 Å². The molecule has 3 aromatic rings. The van der Waals surface area contributed by atoms with Crippen LogP contribution in [-0.4, -0.2) is 52.3 Å². The van der Waals surface area contributed by atoms with Gasteiger partial charge in [0.2, 0.25) is 0 Å². The lowest BCUT2D eigenvalue weighted by Gasteiger charge is -2.30. The minimum absolute atomic E-state index is 0.0449. The minimum atomic E-state index is -1.32. The quantitative estimate of drug-likeness (QED) is 0.452. The van der Waals surface area contributed by atoms with Gasteiger partial charge in [-0.3, -0.25) is 0 Å². The van der Waals surface area contributed by atoms with E-state index in [9.17, 15) is 4.21 Å². The lowest BCUT2D eigenvalue weighted by atomic mass is 9.98. The van der Waals surface area contributed by atoms with E-state index in [2.05, 4.69) is 33.6 Å². The number of aliphatic hydroxyl groups excluding tert-OH is 1. The van der Waals surface area contributed by atoms with Crippen molar-refractivity contribution in [1.29, 1.82) is 0 Å². The Labute approximate surface area is 202 Å². The van der Waals surface area contributed by atoms with Crippen molar-refractivity contribution >= 4 is 17.0 Å². The fraction of sp³-hybridized carbons (Fsp3) is 0.440. The second-order valence-electron chi connectivity index (χ2n) is 8.77. The summed E-state index contributed by atoms with van der Waals surface area (Å²) in [6.07, 6.45) is 2.05. The molecule has 2 N–H and O–H groups in total. The predicted molar refractivity (Wildman–Crippen MR) is 132 cm³/mol. The zero-order valence-electron chi connectivity index (χ0n) is 19.6. The lowest BCUT2D eigenvalue weighted by molar-refractivity contribution is 0.220. The molecule has 8 nitrogen and oxygen atoms in total. The summed E-state index contributed by atoms with van der Waals surface area (Å²) in [5.74, 6) is 2.37. The van der Waals surface area contributed by atoms with Gasteiger partial charge >= 0.3 is 6.01 Å². The molecule has 34 heavy (non-hydrogen) atoms. The standard InChI is InChI=1S/C25H32N4O4S/c1-18(2)24-27-25(33-28-24)29-14-11-19(12-15-29)17-32-22-7-3-20(4-8-22)21-5-9-23(10-6-21)34(31)26-13-16-30/h3-10,18-19,26,30H,11-17H2,1-2H3. The number of hydrogen-bond acceptors (Lipinski definition) is 7. The molecule has 2 heterocycles. The molecule has 0 radical (unpaired) electrons. The van der Waals surface area contributed by atoms with Crippen molar-refractivity contribution in [3.8, 4) is 16.9 Å². The summed E-state index contributed by atoms with van der Waals surface area (Å²) < 4.78 is 26.3. The van der Waals surface area contributed by atoms with Gasteiger partial charge in [0.05, 0.1) is 18.1 Å². The zero-order chi connectivity index (χ0) is 23.9. The first-order valence-electron chi connectivity index (χ1n) is 11.7. The fourth-order valence-electron chi connectivity index (χ4n) is 3.83. The normalized spacial score (nSPS) is 15.6. The second kappa shape index (κ2) is 11.6. The first kappa shape index (κ1) is 24.4. The van der Waals surface area contributed by atoms with Gasteiger partial charge in [0, 0.05) is 25.6 Å². The number of ether oxygens (including phenoxy) is 1. The summed E-state index contributed by atoms with van der Waals surface area (Å²) in [6, 6.07) is 16.3. The second-order valence-corrected chi connectivity index (χ2v) is 10.1. The number of benzene rings is 2. The van der Waals surface area contributed by atoms with Crippen LogP contribution in [-0.2, 0) is 11.0 Å². The number of hydrogen-bond donors (Lipinski definition) is 2. The molecule has 1 unspecified atom stereocenters. The van der Waals surface area contributed by atoms with Gasteiger partial charge in [0.15, 0.2) is 5.82 Å². The van der Waals surface area contributed by atoms with Gasteiger partial charge in [-0.05, 0) is 54.2 Å². The summed E-state index contributed by atoms with van der Waals surface area (Å²) in [4.78, 5) is 7.34. The molecule has 0 bridgehead atoms. The summed E-state index contributed by atoms with van der Waals surface area (Å²) in [6.45, 7) is 6.85. The maximum atomic E-state index is 12.1.